The van der Waals surface area contributed by atoms with E-state index in [0.717, 1.165) is 24.8 Å². The molecule has 0 unspecified atom stereocenters. The topological polar surface area (TPSA) is 95.6 Å². The first-order chi connectivity index (χ1) is 16.3. The fraction of sp³-hybridized carbons (Fsp3) is 0.231. The molecular formula is C26H27N3O4S. The van der Waals surface area contributed by atoms with Gasteiger partial charge >= 0.3 is 0 Å². The van der Waals surface area contributed by atoms with Crippen molar-refractivity contribution in [3.8, 4) is 0 Å². The maximum atomic E-state index is 12.9. The maximum absolute atomic E-state index is 12.9. The van der Waals surface area contributed by atoms with Gasteiger partial charge in [0, 0.05) is 24.3 Å². The Balaban J connectivity index is 1.48. The molecule has 0 atom stereocenters. The SMILES string of the molecule is Cc1cccc(NC(=O)c2ccccc2NC(=O)c2ccc(S(=O)(=O)N3CCCCC3)cc2)c1. The summed E-state index contributed by atoms with van der Waals surface area (Å²) in [6, 6.07) is 20.1. The molecule has 176 valence electrons. The lowest BCUT2D eigenvalue weighted by Crippen LogP contribution is -2.35. The van der Waals surface area contributed by atoms with E-state index in [-0.39, 0.29) is 10.8 Å². The first-order valence-electron chi connectivity index (χ1n) is 11.2. The highest BCUT2D eigenvalue weighted by atomic mass is 32.2. The van der Waals surface area contributed by atoms with Gasteiger partial charge in [-0.2, -0.15) is 4.31 Å². The number of para-hydroxylation sites is 1. The van der Waals surface area contributed by atoms with Crippen LogP contribution in [0.5, 0.6) is 0 Å². The normalized spacial score (nSPS) is 14.4. The summed E-state index contributed by atoms with van der Waals surface area (Å²) in [4.78, 5) is 25.9. The number of rotatable bonds is 6. The molecule has 8 heteroatoms. The number of benzene rings is 3. The van der Waals surface area contributed by atoms with Crippen LogP contribution in [0.15, 0.2) is 77.7 Å². The lowest BCUT2D eigenvalue weighted by molar-refractivity contribution is 0.102. The van der Waals surface area contributed by atoms with Crippen molar-refractivity contribution in [2.45, 2.75) is 31.1 Å². The Morgan fingerprint density at radius 2 is 1.50 bits per heavy atom. The van der Waals surface area contributed by atoms with E-state index in [1.54, 1.807) is 30.3 Å². The van der Waals surface area contributed by atoms with Gasteiger partial charge in [0.2, 0.25) is 10.0 Å². The average molecular weight is 478 g/mol. The lowest BCUT2D eigenvalue weighted by Gasteiger charge is -2.25. The fourth-order valence-electron chi connectivity index (χ4n) is 3.94. The van der Waals surface area contributed by atoms with Gasteiger partial charge in [-0.1, -0.05) is 30.7 Å². The van der Waals surface area contributed by atoms with Crippen LogP contribution in [0.25, 0.3) is 0 Å². The number of anilines is 2. The highest BCUT2D eigenvalue weighted by Gasteiger charge is 2.26. The third-order valence-corrected chi connectivity index (χ3v) is 7.68. The van der Waals surface area contributed by atoms with Crippen molar-refractivity contribution >= 4 is 33.2 Å². The molecule has 0 aliphatic carbocycles. The van der Waals surface area contributed by atoms with Crippen LogP contribution in [0.4, 0.5) is 11.4 Å². The molecule has 0 bridgehead atoms. The molecule has 1 heterocycles. The number of sulfonamides is 1. The van der Waals surface area contributed by atoms with E-state index in [4.69, 9.17) is 0 Å². The lowest BCUT2D eigenvalue weighted by atomic mass is 10.1. The van der Waals surface area contributed by atoms with Gasteiger partial charge in [-0.15, -0.1) is 0 Å². The Kier molecular flexibility index (Phi) is 7.09. The number of amides is 2. The fourth-order valence-corrected chi connectivity index (χ4v) is 5.46. The summed E-state index contributed by atoms with van der Waals surface area (Å²) in [7, 11) is -3.57. The summed E-state index contributed by atoms with van der Waals surface area (Å²) in [6.45, 7) is 2.98. The zero-order valence-electron chi connectivity index (χ0n) is 19.0. The number of hydrogen-bond acceptors (Lipinski definition) is 4. The van der Waals surface area contributed by atoms with Gasteiger partial charge in [0.1, 0.15) is 0 Å². The molecule has 1 aliphatic heterocycles. The Hall–Kier alpha value is -3.49. The van der Waals surface area contributed by atoms with Gasteiger partial charge in [0.25, 0.3) is 11.8 Å². The number of piperidine rings is 1. The first-order valence-corrected chi connectivity index (χ1v) is 12.7. The quantitative estimate of drug-likeness (QED) is 0.539. The Labute approximate surface area is 199 Å². The molecule has 1 saturated heterocycles. The molecule has 2 amide bonds. The molecule has 1 aliphatic rings. The molecule has 0 aromatic heterocycles. The second-order valence-corrected chi connectivity index (χ2v) is 10.3. The van der Waals surface area contributed by atoms with Crippen molar-refractivity contribution in [3.05, 3.63) is 89.5 Å². The van der Waals surface area contributed by atoms with Gasteiger partial charge in [-0.05, 0) is 73.9 Å². The van der Waals surface area contributed by atoms with Crippen molar-refractivity contribution in [2.24, 2.45) is 0 Å². The van der Waals surface area contributed by atoms with Crippen LogP contribution in [-0.2, 0) is 10.0 Å². The summed E-state index contributed by atoms with van der Waals surface area (Å²) in [5.74, 6) is -0.776. The van der Waals surface area contributed by atoms with Crippen molar-refractivity contribution < 1.29 is 18.0 Å². The van der Waals surface area contributed by atoms with Gasteiger partial charge in [0.05, 0.1) is 16.1 Å². The zero-order valence-corrected chi connectivity index (χ0v) is 19.8. The second-order valence-electron chi connectivity index (χ2n) is 8.31. The molecule has 4 rings (SSSR count). The van der Waals surface area contributed by atoms with Crippen molar-refractivity contribution in [2.75, 3.05) is 23.7 Å². The second kappa shape index (κ2) is 10.2. The van der Waals surface area contributed by atoms with Crippen LogP contribution in [0.1, 0.15) is 45.5 Å². The van der Waals surface area contributed by atoms with E-state index in [9.17, 15) is 18.0 Å². The minimum absolute atomic E-state index is 0.170. The number of carbonyl (C=O) groups excluding carboxylic acids is 2. The predicted octanol–water partition coefficient (Wildman–Crippen LogP) is 4.67. The van der Waals surface area contributed by atoms with Crippen LogP contribution in [0.2, 0.25) is 0 Å². The summed E-state index contributed by atoms with van der Waals surface area (Å²) in [5, 5.41) is 5.61. The Bertz CT molecular complexity index is 1300. The van der Waals surface area contributed by atoms with E-state index in [1.165, 1.54) is 28.6 Å². The van der Waals surface area contributed by atoms with Crippen LogP contribution >= 0.6 is 0 Å². The molecule has 2 N–H and O–H groups in total. The van der Waals surface area contributed by atoms with E-state index < -0.39 is 15.9 Å². The number of aryl methyl sites for hydroxylation is 1. The molecule has 7 nitrogen and oxygen atoms in total. The van der Waals surface area contributed by atoms with E-state index >= 15 is 0 Å². The molecule has 0 spiro atoms. The highest BCUT2D eigenvalue weighted by Crippen LogP contribution is 2.22. The maximum Gasteiger partial charge on any atom is 0.257 e. The minimum atomic E-state index is -3.57. The van der Waals surface area contributed by atoms with Crippen LogP contribution in [0.3, 0.4) is 0 Å². The number of hydrogen-bond donors (Lipinski definition) is 2. The molecule has 0 saturated carbocycles. The monoisotopic (exact) mass is 477 g/mol. The summed E-state index contributed by atoms with van der Waals surface area (Å²) >= 11 is 0. The largest absolute Gasteiger partial charge is 0.322 e. The first kappa shape index (κ1) is 23.7. The van der Waals surface area contributed by atoms with E-state index in [2.05, 4.69) is 10.6 Å². The summed E-state index contributed by atoms with van der Waals surface area (Å²) in [6.07, 6.45) is 2.75. The minimum Gasteiger partial charge on any atom is -0.322 e. The van der Waals surface area contributed by atoms with Crippen LogP contribution in [0, 0.1) is 6.92 Å². The average Bonchev–Trinajstić information content (AvgIpc) is 2.85. The third-order valence-electron chi connectivity index (χ3n) is 5.77. The zero-order chi connectivity index (χ0) is 24.1. The number of carbonyl (C=O) groups is 2. The van der Waals surface area contributed by atoms with E-state index in [0.29, 0.717) is 35.6 Å². The van der Waals surface area contributed by atoms with Gasteiger partial charge in [0.15, 0.2) is 0 Å². The van der Waals surface area contributed by atoms with E-state index in [1.807, 2.05) is 25.1 Å². The summed E-state index contributed by atoms with van der Waals surface area (Å²) < 4.78 is 27.2. The number of nitrogens with zero attached hydrogens (tertiary/aromatic N) is 1. The standard InChI is InChI=1S/C26H27N3O4S/c1-19-8-7-9-21(18-19)27-26(31)23-10-3-4-11-24(23)28-25(30)20-12-14-22(15-13-20)34(32,33)29-16-5-2-6-17-29/h3-4,7-15,18H,2,5-6,16-17H2,1H3,(H,27,31)(H,28,30). The third kappa shape index (κ3) is 5.35. The number of nitrogens with one attached hydrogen (secondary N) is 2. The molecule has 34 heavy (non-hydrogen) atoms. The van der Waals surface area contributed by atoms with Crippen LogP contribution in [-0.4, -0.2) is 37.6 Å². The van der Waals surface area contributed by atoms with Crippen molar-refractivity contribution in [1.82, 2.24) is 4.31 Å². The van der Waals surface area contributed by atoms with Gasteiger partial charge in [-0.25, -0.2) is 8.42 Å². The summed E-state index contributed by atoms with van der Waals surface area (Å²) in [5.41, 5.74) is 2.66. The molecule has 3 aromatic carbocycles. The smallest absolute Gasteiger partial charge is 0.257 e. The van der Waals surface area contributed by atoms with Gasteiger partial charge in [-0.3, -0.25) is 9.59 Å². The Morgan fingerprint density at radius 1 is 0.794 bits per heavy atom. The molecule has 0 radical (unpaired) electrons. The predicted molar refractivity (Wildman–Crippen MR) is 133 cm³/mol. The van der Waals surface area contributed by atoms with Crippen LogP contribution < -0.4 is 10.6 Å². The molecular weight excluding hydrogens is 450 g/mol. The Morgan fingerprint density at radius 3 is 2.21 bits per heavy atom. The van der Waals surface area contributed by atoms with Crippen molar-refractivity contribution in [3.63, 3.8) is 0 Å². The van der Waals surface area contributed by atoms with Gasteiger partial charge < -0.3 is 10.6 Å². The van der Waals surface area contributed by atoms with Crippen molar-refractivity contribution in [1.29, 1.82) is 0 Å². The highest BCUT2D eigenvalue weighted by molar-refractivity contribution is 7.89. The molecule has 1 fully saturated rings. The molecule has 3 aromatic rings.